The monoisotopic (exact) mass is 186 g/mol. The van der Waals surface area contributed by atoms with Gasteiger partial charge in [-0.1, -0.05) is 18.2 Å². The summed E-state index contributed by atoms with van der Waals surface area (Å²) in [5, 5.41) is 0. The van der Waals surface area contributed by atoms with Gasteiger partial charge in [-0.05, 0) is 25.0 Å². The number of nitrogens with two attached hydrogens (primary N) is 1. The molecule has 72 valence electrons. The molecule has 1 aromatic carbocycles. The van der Waals surface area contributed by atoms with Crippen LogP contribution in [0.5, 0.6) is 0 Å². The van der Waals surface area contributed by atoms with Gasteiger partial charge >= 0.3 is 0 Å². The van der Waals surface area contributed by atoms with Crippen molar-refractivity contribution in [2.24, 2.45) is 0 Å². The van der Waals surface area contributed by atoms with Gasteiger partial charge < -0.3 is 10.7 Å². The van der Waals surface area contributed by atoms with Crippen molar-refractivity contribution in [1.29, 1.82) is 0 Å². The van der Waals surface area contributed by atoms with Crippen LogP contribution in [0.25, 0.3) is 11.1 Å². The number of para-hydroxylation sites is 1. The maximum absolute atomic E-state index is 6.03. The molecule has 2 heteroatoms. The fourth-order valence-corrected chi connectivity index (χ4v) is 1.65. The number of hydrogen-bond donors (Lipinski definition) is 2. The van der Waals surface area contributed by atoms with Gasteiger partial charge in [0.05, 0.1) is 0 Å². The van der Waals surface area contributed by atoms with Gasteiger partial charge in [-0.3, -0.25) is 0 Å². The standard InChI is InChI=1S/C12H14N2/c1-8-4-3-5-10(12(8)13)11-7-14-6-9(11)2/h3-7,14H,13H2,1-2H3. The Labute approximate surface area is 83.8 Å². The number of aryl methyl sites for hydroxylation is 2. The highest BCUT2D eigenvalue weighted by Crippen LogP contribution is 2.30. The molecule has 2 nitrogen and oxygen atoms in total. The SMILES string of the molecule is Cc1c[nH]cc1-c1cccc(C)c1N. The summed E-state index contributed by atoms with van der Waals surface area (Å²) in [6.45, 7) is 4.11. The molecule has 2 aromatic rings. The van der Waals surface area contributed by atoms with Crippen LogP contribution in [0.15, 0.2) is 30.6 Å². The Hall–Kier alpha value is -1.70. The highest BCUT2D eigenvalue weighted by Gasteiger charge is 2.06. The van der Waals surface area contributed by atoms with Crippen LogP contribution in [0.4, 0.5) is 5.69 Å². The third-order valence-corrected chi connectivity index (χ3v) is 2.57. The van der Waals surface area contributed by atoms with E-state index in [4.69, 9.17) is 5.73 Å². The van der Waals surface area contributed by atoms with Gasteiger partial charge in [0, 0.05) is 29.2 Å². The lowest BCUT2D eigenvalue weighted by Crippen LogP contribution is -1.93. The first kappa shape index (κ1) is 8.88. The molecule has 14 heavy (non-hydrogen) atoms. The van der Waals surface area contributed by atoms with E-state index in [0.717, 1.165) is 16.8 Å². The fourth-order valence-electron chi connectivity index (χ4n) is 1.65. The summed E-state index contributed by atoms with van der Waals surface area (Å²) in [6, 6.07) is 6.12. The van der Waals surface area contributed by atoms with E-state index in [0.29, 0.717) is 0 Å². The van der Waals surface area contributed by atoms with Crippen molar-refractivity contribution in [2.45, 2.75) is 13.8 Å². The van der Waals surface area contributed by atoms with Crippen molar-refractivity contribution in [3.8, 4) is 11.1 Å². The van der Waals surface area contributed by atoms with Gasteiger partial charge in [0.1, 0.15) is 0 Å². The molecule has 1 heterocycles. The molecule has 0 spiro atoms. The minimum Gasteiger partial charge on any atom is -0.398 e. The first-order valence-corrected chi connectivity index (χ1v) is 4.69. The molecular weight excluding hydrogens is 172 g/mol. The largest absolute Gasteiger partial charge is 0.398 e. The zero-order valence-corrected chi connectivity index (χ0v) is 8.46. The van der Waals surface area contributed by atoms with Crippen LogP contribution < -0.4 is 5.73 Å². The molecule has 0 aliphatic carbocycles. The number of benzene rings is 1. The summed E-state index contributed by atoms with van der Waals surface area (Å²) in [5.41, 5.74) is 11.6. The van der Waals surface area contributed by atoms with E-state index in [-0.39, 0.29) is 0 Å². The van der Waals surface area contributed by atoms with Gasteiger partial charge in [-0.2, -0.15) is 0 Å². The van der Waals surface area contributed by atoms with Crippen LogP contribution >= 0.6 is 0 Å². The van der Waals surface area contributed by atoms with E-state index < -0.39 is 0 Å². The van der Waals surface area contributed by atoms with Gasteiger partial charge in [0.15, 0.2) is 0 Å². The molecule has 0 aliphatic heterocycles. The highest BCUT2D eigenvalue weighted by atomic mass is 14.6. The maximum atomic E-state index is 6.03. The molecule has 0 unspecified atom stereocenters. The van der Waals surface area contributed by atoms with Crippen molar-refractivity contribution < 1.29 is 0 Å². The predicted molar refractivity (Wildman–Crippen MR) is 60.1 cm³/mol. The minimum atomic E-state index is 0.871. The van der Waals surface area contributed by atoms with Crippen molar-refractivity contribution in [3.63, 3.8) is 0 Å². The lowest BCUT2D eigenvalue weighted by molar-refractivity contribution is 1.39. The molecule has 0 saturated carbocycles. The molecule has 2 rings (SSSR count). The molecule has 0 saturated heterocycles. The van der Waals surface area contributed by atoms with E-state index in [9.17, 15) is 0 Å². The van der Waals surface area contributed by atoms with Crippen LogP contribution in [-0.4, -0.2) is 4.98 Å². The normalized spacial score (nSPS) is 10.4. The maximum Gasteiger partial charge on any atom is 0.0424 e. The molecule has 0 amide bonds. The molecule has 0 bridgehead atoms. The number of nitrogen functional groups attached to an aromatic ring is 1. The zero-order valence-electron chi connectivity index (χ0n) is 8.46. The minimum absolute atomic E-state index is 0.871. The lowest BCUT2D eigenvalue weighted by atomic mass is 10.0. The number of H-pyrrole nitrogens is 1. The summed E-state index contributed by atoms with van der Waals surface area (Å²) in [7, 11) is 0. The quantitative estimate of drug-likeness (QED) is 0.661. The summed E-state index contributed by atoms with van der Waals surface area (Å²) in [5.74, 6) is 0. The predicted octanol–water partition coefficient (Wildman–Crippen LogP) is 2.88. The summed E-state index contributed by atoms with van der Waals surface area (Å²) in [6.07, 6.45) is 3.97. The van der Waals surface area contributed by atoms with Crippen molar-refractivity contribution in [2.75, 3.05) is 5.73 Å². The molecule has 0 radical (unpaired) electrons. The Balaban J connectivity index is 2.63. The van der Waals surface area contributed by atoms with Crippen molar-refractivity contribution >= 4 is 5.69 Å². The third-order valence-electron chi connectivity index (χ3n) is 2.57. The first-order valence-electron chi connectivity index (χ1n) is 4.69. The third kappa shape index (κ3) is 1.29. The number of anilines is 1. The van der Waals surface area contributed by atoms with Gasteiger partial charge in [-0.15, -0.1) is 0 Å². The number of hydrogen-bond acceptors (Lipinski definition) is 1. The Kier molecular flexibility index (Phi) is 2.04. The van der Waals surface area contributed by atoms with Crippen LogP contribution in [0.3, 0.4) is 0 Å². The van der Waals surface area contributed by atoms with Crippen LogP contribution in [-0.2, 0) is 0 Å². The number of aromatic nitrogens is 1. The van der Waals surface area contributed by atoms with Gasteiger partial charge in [-0.25, -0.2) is 0 Å². The topological polar surface area (TPSA) is 41.8 Å². The molecule has 0 aliphatic rings. The van der Waals surface area contributed by atoms with E-state index in [2.05, 4.69) is 18.0 Å². The average Bonchev–Trinajstić information content (AvgIpc) is 2.57. The Bertz CT molecular complexity index is 455. The van der Waals surface area contributed by atoms with E-state index in [1.54, 1.807) is 0 Å². The van der Waals surface area contributed by atoms with E-state index >= 15 is 0 Å². The van der Waals surface area contributed by atoms with E-state index in [1.165, 1.54) is 11.1 Å². The van der Waals surface area contributed by atoms with E-state index in [1.807, 2.05) is 31.5 Å². The second-order valence-electron chi connectivity index (χ2n) is 3.59. The highest BCUT2D eigenvalue weighted by molar-refractivity contribution is 5.79. The average molecular weight is 186 g/mol. The first-order chi connectivity index (χ1) is 6.70. The smallest absolute Gasteiger partial charge is 0.0424 e. The van der Waals surface area contributed by atoms with Gasteiger partial charge in [0.2, 0.25) is 0 Å². The van der Waals surface area contributed by atoms with Crippen LogP contribution in [0.2, 0.25) is 0 Å². The number of nitrogens with one attached hydrogen (secondary N) is 1. The zero-order chi connectivity index (χ0) is 10.1. The molecule has 0 atom stereocenters. The van der Waals surface area contributed by atoms with Crippen LogP contribution in [0.1, 0.15) is 11.1 Å². The van der Waals surface area contributed by atoms with Crippen molar-refractivity contribution in [3.05, 3.63) is 41.7 Å². The molecule has 1 aromatic heterocycles. The van der Waals surface area contributed by atoms with Gasteiger partial charge in [0.25, 0.3) is 0 Å². The summed E-state index contributed by atoms with van der Waals surface area (Å²) < 4.78 is 0. The Morgan fingerprint density at radius 1 is 1.00 bits per heavy atom. The molecule has 3 N–H and O–H groups in total. The molecule has 0 fully saturated rings. The second-order valence-corrected chi connectivity index (χ2v) is 3.59. The Morgan fingerprint density at radius 3 is 2.43 bits per heavy atom. The second kappa shape index (κ2) is 3.22. The van der Waals surface area contributed by atoms with Crippen LogP contribution in [0, 0.1) is 13.8 Å². The summed E-state index contributed by atoms with van der Waals surface area (Å²) in [4.78, 5) is 3.09. The number of aromatic amines is 1. The molecular formula is C12H14N2. The summed E-state index contributed by atoms with van der Waals surface area (Å²) >= 11 is 0. The van der Waals surface area contributed by atoms with Crippen molar-refractivity contribution in [1.82, 2.24) is 4.98 Å². The fraction of sp³-hybridized carbons (Fsp3) is 0.167. The number of rotatable bonds is 1. The lowest BCUT2D eigenvalue weighted by Gasteiger charge is -2.07. The Morgan fingerprint density at radius 2 is 1.79 bits per heavy atom.